The number of hydrogen-bond donors (Lipinski definition) is 0. The standard InChI is InChI=1S/C40H48Si/c1-23-17-25(3)37(26(4)18-23)31-13-11-15-33-35(31)21-29(7)39(33)41(9,10)40-30(8)22-36-32(14-12-16-34(36)40)38-27(5)19-24(2)20-28(38)6/h11-20,29-30,39-40H,21-22H2,1-10H3. The third-order valence-corrected chi connectivity index (χ3v) is 15.7. The van der Waals surface area contributed by atoms with Gasteiger partial charge in [-0.25, -0.2) is 0 Å². The summed E-state index contributed by atoms with van der Waals surface area (Å²) >= 11 is 0. The van der Waals surface area contributed by atoms with E-state index in [2.05, 4.69) is 129 Å². The predicted molar refractivity (Wildman–Crippen MR) is 181 cm³/mol. The number of fused-ring (bicyclic) bond motifs is 2. The minimum atomic E-state index is -1.79. The second-order valence-electron chi connectivity index (χ2n) is 14.4. The summed E-state index contributed by atoms with van der Waals surface area (Å²) in [6, 6.07) is 24.0. The van der Waals surface area contributed by atoms with Crippen LogP contribution in [0.25, 0.3) is 22.3 Å². The SMILES string of the molecule is Cc1cc(C)c(-c2cccc3c2CC(C)C3[Si](C)(C)C2c3cccc(-c4c(C)cc(C)cc4C)c3CC2C)c(C)c1. The molecular weight excluding hydrogens is 509 g/mol. The number of aryl methyl sites for hydroxylation is 6. The molecule has 6 rings (SSSR count). The van der Waals surface area contributed by atoms with Gasteiger partial charge in [0.1, 0.15) is 0 Å². The number of hydrogen-bond acceptors (Lipinski definition) is 0. The van der Waals surface area contributed by atoms with Crippen LogP contribution in [0.1, 0.15) is 80.6 Å². The van der Waals surface area contributed by atoms with E-state index in [1.165, 1.54) is 68.5 Å². The van der Waals surface area contributed by atoms with E-state index in [9.17, 15) is 0 Å². The summed E-state index contributed by atoms with van der Waals surface area (Å²) in [6.45, 7) is 24.2. The zero-order valence-electron chi connectivity index (χ0n) is 27.0. The Bertz CT molecular complexity index is 1500. The maximum Gasteiger partial charge on any atom is 0.0634 e. The van der Waals surface area contributed by atoms with Crippen molar-refractivity contribution in [3.8, 4) is 22.3 Å². The Morgan fingerprint density at radius 3 is 1.22 bits per heavy atom. The van der Waals surface area contributed by atoms with Gasteiger partial charge in [0.15, 0.2) is 0 Å². The lowest BCUT2D eigenvalue weighted by Crippen LogP contribution is -2.45. The van der Waals surface area contributed by atoms with Crippen molar-refractivity contribution in [3.05, 3.63) is 116 Å². The summed E-state index contributed by atoms with van der Waals surface area (Å²) in [5.74, 6) is 1.36. The first kappa shape index (κ1) is 28.2. The van der Waals surface area contributed by atoms with Crippen LogP contribution in [0.5, 0.6) is 0 Å². The molecule has 0 amide bonds. The van der Waals surface area contributed by atoms with Crippen LogP contribution in [-0.4, -0.2) is 8.07 Å². The molecule has 0 N–H and O–H groups in total. The van der Waals surface area contributed by atoms with Gasteiger partial charge in [0.05, 0.1) is 8.07 Å². The van der Waals surface area contributed by atoms with Crippen molar-refractivity contribution in [1.29, 1.82) is 0 Å². The fraction of sp³-hybridized carbons (Fsp3) is 0.400. The van der Waals surface area contributed by atoms with Crippen LogP contribution in [-0.2, 0) is 12.8 Å². The molecule has 0 saturated carbocycles. The molecule has 212 valence electrons. The van der Waals surface area contributed by atoms with Crippen LogP contribution >= 0.6 is 0 Å². The minimum Gasteiger partial charge on any atom is -0.0684 e. The van der Waals surface area contributed by atoms with Crippen molar-refractivity contribution in [3.63, 3.8) is 0 Å². The maximum atomic E-state index is 2.73. The Labute approximate surface area is 250 Å². The molecule has 0 fully saturated rings. The smallest absolute Gasteiger partial charge is 0.0634 e. The third-order valence-electron chi connectivity index (χ3n) is 10.8. The lowest BCUT2D eigenvalue weighted by molar-refractivity contribution is 0.543. The van der Waals surface area contributed by atoms with Crippen molar-refractivity contribution in [2.24, 2.45) is 11.8 Å². The van der Waals surface area contributed by atoms with E-state index in [1.807, 2.05) is 0 Å². The first-order chi connectivity index (χ1) is 19.4. The zero-order chi connectivity index (χ0) is 29.4. The molecule has 0 heterocycles. The molecule has 0 bridgehead atoms. The lowest BCUT2D eigenvalue weighted by atomic mass is 9.89. The molecule has 1 heteroatoms. The quantitative estimate of drug-likeness (QED) is 0.219. The Balaban J connectivity index is 1.46. The summed E-state index contributed by atoms with van der Waals surface area (Å²) in [4.78, 5) is 0. The largest absolute Gasteiger partial charge is 0.0684 e. The molecule has 0 nitrogen and oxygen atoms in total. The van der Waals surface area contributed by atoms with Crippen LogP contribution < -0.4 is 0 Å². The van der Waals surface area contributed by atoms with Crippen LogP contribution in [0.4, 0.5) is 0 Å². The normalized spacial score (nSPS) is 21.7. The molecular formula is C40H48Si. The second-order valence-corrected chi connectivity index (χ2v) is 19.3. The van der Waals surface area contributed by atoms with Crippen LogP contribution in [0, 0.1) is 53.4 Å². The Morgan fingerprint density at radius 2 is 0.878 bits per heavy atom. The van der Waals surface area contributed by atoms with E-state index in [0.29, 0.717) is 22.9 Å². The molecule has 4 unspecified atom stereocenters. The van der Waals surface area contributed by atoms with Gasteiger partial charge in [-0.3, -0.25) is 0 Å². The van der Waals surface area contributed by atoms with Crippen molar-refractivity contribution in [2.45, 2.75) is 92.4 Å². The highest BCUT2D eigenvalue weighted by molar-refractivity contribution is 6.80. The summed E-state index contributed by atoms with van der Waals surface area (Å²) in [5, 5.41) is 0. The fourth-order valence-corrected chi connectivity index (χ4v) is 15.6. The van der Waals surface area contributed by atoms with Gasteiger partial charge in [-0.15, -0.1) is 0 Å². The first-order valence-electron chi connectivity index (χ1n) is 15.8. The summed E-state index contributed by atoms with van der Waals surface area (Å²) in [7, 11) is -1.79. The van der Waals surface area contributed by atoms with Gasteiger partial charge in [-0.2, -0.15) is 0 Å². The molecule has 4 atom stereocenters. The highest BCUT2D eigenvalue weighted by Gasteiger charge is 2.51. The first-order valence-corrected chi connectivity index (χ1v) is 19.0. The molecule has 0 saturated heterocycles. The Hall–Kier alpha value is -2.90. The van der Waals surface area contributed by atoms with E-state index in [-0.39, 0.29) is 0 Å². The zero-order valence-corrected chi connectivity index (χ0v) is 28.0. The van der Waals surface area contributed by atoms with Crippen LogP contribution in [0.15, 0.2) is 60.7 Å². The second kappa shape index (κ2) is 10.1. The molecule has 0 radical (unpaired) electrons. The van der Waals surface area contributed by atoms with Gasteiger partial charge < -0.3 is 0 Å². The molecule has 0 aromatic heterocycles. The van der Waals surface area contributed by atoms with Gasteiger partial charge in [-0.05, 0) is 144 Å². The molecule has 2 aliphatic carbocycles. The average Bonchev–Trinajstić information content (AvgIpc) is 3.40. The monoisotopic (exact) mass is 556 g/mol. The van der Waals surface area contributed by atoms with Gasteiger partial charge in [0.25, 0.3) is 0 Å². The van der Waals surface area contributed by atoms with E-state index < -0.39 is 8.07 Å². The Morgan fingerprint density at radius 1 is 0.537 bits per heavy atom. The molecule has 0 spiro atoms. The van der Waals surface area contributed by atoms with Gasteiger partial charge in [-0.1, -0.05) is 98.7 Å². The van der Waals surface area contributed by atoms with Crippen molar-refractivity contribution in [1.82, 2.24) is 0 Å². The van der Waals surface area contributed by atoms with E-state index in [0.717, 1.165) is 0 Å². The highest BCUT2D eigenvalue weighted by atomic mass is 28.3. The van der Waals surface area contributed by atoms with Crippen LogP contribution in [0.2, 0.25) is 13.1 Å². The van der Waals surface area contributed by atoms with E-state index in [1.54, 1.807) is 22.3 Å². The lowest BCUT2D eigenvalue weighted by Gasteiger charge is -2.41. The molecule has 4 aromatic carbocycles. The third kappa shape index (κ3) is 4.47. The predicted octanol–water partition coefficient (Wildman–Crippen LogP) is 10.9. The van der Waals surface area contributed by atoms with Gasteiger partial charge in [0, 0.05) is 0 Å². The molecule has 2 aliphatic rings. The number of rotatable bonds is 4. The topological polar surface area (TPSA) is 0 Å². The fourth-order valence-electron chi connectivity index (χ4n) is 9.88. The highest BCUT2D eigenvalue weighted by Crippen LogP contribution is 2.56. The average molecular weight is 557 g/mol. The molecule has 4 aromatic rings. The van der Waals surface area contributed by atoms with E-state index in [4.69, 9.17) is 0 Å². The van der Waals surface area contributed by atoms with Gasteiger partial charge in [0.2, 0.25) is 0 Å². The van der Waals surface area contributed by atoms with Gasteiger partial charge >= 0.3 is 0 Å². The Kier molecular flexibility index (Phi) is 6.97. The number of benzene rings is 4. The molecule has 0 aliphatic heterocycles. The maximum absolute atomic E-state index is 2.73. The summed E-state index contributed by atoms with van der Waals surface area (Å²) < 4.78 is 0. The molecule has 41 heavy (non-hydrogen) atoms. The minimum absolute atomic E-state index is 0.674. The van der Waals surface area contributed by atoms with Crippen molar-refractivity contribution in [2.75, 3.05) is 0 Å². The summed E-state index contributed by atoms with van der Waals surface area (Å²) in [6.07, 6.45) is 2.41. The summed E-state index contributed by atoms with van der Waals surface area (Å²) in [5.41, 5.74) is 22.2. The van der Waals surface area contributed by atoms with Crippen molar-refractivity contribution < 1.29 is 0 Å². The van der Waals surface area contributed by atoms with Crippen LogP contribution in [0.3, 0.4) is 0 Å². The van der Waals surface area contributed by atoms with E-state index >= 15 is 0 Å². The van der Waals surface area contributed by atoms with Crippen molar-refractivity contribution >= 4 is 8.07 Å².